The van der Waals surface area contributed by atoms with Crippen molar-refractivity contribution in [2.45, 2.75) is 12.3 Å². The van der Waals surface area contributed by atoms with Crippen LogP contribution >= 0.6 is 0 Å². The third-order valence-electron chi connectivity index (χ3n) is 4.70. The highest BCUT2D eigenvalue weighted by molar-refractivity contribution is 6.06. The third kappa shape index (κ3) is 2.54. The number of cyclic esters (lactones) is 1. The van der Waals surface area contributed by atoms with Crippen molar-refractivity contribution in [1.29, 1.82) is 0 Å². The van der Waals surface area contributed by atoms with E-state index in [9.17, 15) is 14.0 Å². The van der Waals surface area contributed by atoms with Crippen LogP contribution in [0.4, 0.5) is 10.1 Å². The first-order valence-corrected chi connectivity index (χ1v) is 8.21. The first-order valence-electron chi connectivity index (χ1n) is 8.21. The monoisotopic (exact) mass is 353 g/mol. The van der Waals surface area contributed by atoms with Crippen LogP contribution in [0.1, 0.15) is 17.9 Å². The molecule has 1 amide bonds. The van der Waals surface area contributed by atoms with E-state index in [4.69, 9.17) is 9.47 Å². The number of amides is 1. The Labute approximate surface area is 149 Å². The van der Waals surface area contributed by atoms with Crippen LogP contribution in [0.25, 0.3) is 0 Å². The van der Waals surface area contributed by atoms with Gasteiger partial charge in [-0.15, -0.1) is 0 Å². The van der Waals surface area contributed by atoms with Gasteiger partial charge in [0.25, 0.3) is 0 Å². The molecule has 2 aromatic rings. The summed E-state index contributed by atoms with van der Waals surface area (Å²) in [5.74, 6) is -0.965. The topological polar surface area (TPSA) is 55.8 Å². The predicted octanol–water partition coefficient (Wildman–Crippen LogP) is 3.17. The Hall–Kier alpha value is -3.15. The summed E-state index contributed by atoms with van der Waals surface area (Å²) < 4.78 is 24.3. The molecule has 0 aromatic heterocycles. The predicted molar refractivity (Wildman–Crippen MR) is 92.2 cm³/mol. The van der Waals surface area contributed by atoms with Crippen LogP contribution in [0.15, 0.2) is 59.8 Å². The number of esters is 1. The first kappa shape index (κ1) is 16.3. The highest BCUT2D eigenvalue weighted by Gasteiger charge is 2.43. The van der Waals surface area contributed by atoms with Crippen LogP contribution in [0.2, 0.25) is 0 Å². The van der Waals surface area contributed by atoms with Crippen LogP contribution in [-0.4, -0.2) is 25.6 Å². The molecule has 0 saturated carbocycles. The maximum absolute atomic E-state index is 13.6. The SMILES string of the molecule is COc1ccccc1C1CC(=O)N(c2cccc(F)c2)C2=C1C(=O)OC2. The highest BCUT2D eigenvalue weighted by Crippen LogP contribution is 2.44. The summed E-state index contributed by atoms with van der Waals surface area (Å²) in [7, 11) is 1.55. The quantitative estimate of drug-likeness (QED) is 0.796. The lowest BCUT2D eigenvalue weighted by molar-refractivity contribution is -0.136. The van der Waals surface area contributed by atoms with Crippen LogP contribution in [0, 0.1) is 5.82 Å². The first-order chi connectivity index (χ1) is 12.6. The van der Waals surface area contributed by atoms with Gasteiger partial charge in [-0.2, -0.15) is 0 Å². The molecule has 0 bridgehead atoms. The fourth-order valence-corrected chi connectivity index (χ4v) is 3.59. The summed E-state index contributed by atoms with van der Waals surface area (Å²) in [6.07, 6.45) is 0.0742. The van der Waals surface area contributed by atoms with E-state index in [-0.39, 0.29) is 18.9 Å². The molecule has 2 aliphatic heterocycles. The van der Waals surface area contributed by atoms with E-state index in [1.54, 1.807) is 19.2 Å². The maximum Gasteiger partial charge on any atom is 0.336 e. The number of ether oxygens (including phenoxy) is 2. The molecular formula is C20H16FNO4. The average Bonchev–Trinajstić information content (AvgIpc) is 3.02. The zero-order chi connectivity index (χ0) is 18.3. The second-order valence-corrected chi connectivity index (χ2v) is 6.14. The van der Waals surface area contributed by atoms with Crippen molar-refractivity contribution in [3.05, 3.63) is 71.2 Å². The van der Waals surface area contributed by atoms with Gasteiger partial charge in [0.2, 0.25) is 5.91 Å². The minimum atomic E-state index is -0.454. The van der Waals surface area contributed by atoms with Crippen molar-refractivity contribution >= 4 is 17.6 Å². The standard InChI is InChI=1S/C20H16FNO4/c1-25-17-8-3-2-7-14(17)15-10-18(23)22(13-6-4-5-12(21)9-13)16-11-26-20(24)19(15)16/h2-9,15H,10-11H2,1H3. The Morgan fingerprint density at radius 2 is 1.96 bits per heavy atom. The molecule has 5 nitrogen and oxygen atoms in total. The lowest BCUT2D eigenvalue weighted by atomic mass is 9.83. The van der Waals surface area contributed by atoms with Gasteiger partial charge < -0.3 is 9.47 Å². The zero-order valence-corrected chi connectivity index (χ0v) is 14.1. The lowest BCUT2D eigenvalue weighted by Crippen LogP contribution is -2.37. The Balaban J connectivity index is 1.86. The molecule has 2 aliphatic rings. The van der Waals surface area contributed by atoms with Crippen LogP contribution in [-0.2, 0) is 14.3 Å². The van der Waals surface area contributed by atoms with E-state index in [0.717, 1.165) is 5.56 Å². The second-order valence-electron chi connectivity index (χ2n) is 6.14. The van der Waals surface area contributed by atoms with Crippen LogP contribution < -0.4 is 9.64 Å². The van der Waals surface area contributed by atoms with Gasteiger partial charge in [0, 0.05) is 17.9 Å². The minimum Gasteiger partial charge on any atom is -0.496 e. The number of anilines is 1. The minimum absolute atomic E-state index is 0.0118. The normalized spacial score (nSPS) is 19.5. The van der Waals surface area contributed by atoms with Crippen molar-refractivity contribution in [2.24, 2.45) is 0 Å². The van der Waals surface area contributed by atoms with Gasteiger partial charge in [0.1, 0.15) is 18.2 Å². The Morgan fingerprint density at radius 3 is 2.73 bits per heavy atom. The molecule has 6 heteroatoms. The van der Waals surface area contributed by atoms with Crippen molar-refractivity contribution in [1.82, 2.24) is 0 Å². The molecule has 0 N–H and O–H groups in total. The van der Waals surface area contributed by atoms with E-state index in [0.29, 0.717) is 22.7 Å². The summed E-state index contributed by atoms with van der Waals surface area (Å²) in [6.45, 7) is -0.0118. The summed E-state index contributed by atoms with van der Waals surface area (Å²) in [5.41, 5.74) is 2.04. The van der Waals surface area contributed by atoms with E-state index in [1.807, 2.05) is 18.2 Å². The van der Waals surface area contributed by atoms with Gasteiger partial charge in [-0.1, -0.05) is 24.3 Å². The molecular weight excluding hydrogens is 337 g/mol. The molecule has 0 aliphatic carbocycles. The summed E-state index contributed by atoms with van der Waals surface area (Å²) in [6, 6.07) is 13.0. The summed E-state index contributed by atoms with van der Waals surface area (Å²) in [5, 5.41) is 0. The Bertz CT molecular complexity index is 937. The molecule has 26 heavy (non-hydrogen) atoms. The molecule has 0 fully saturated rings. The molecule has 0 saturated heterocycles. The van der Waals surface area contributed by atoms with Crippen molar-refractivity contribution < 1.29 is 23.5 Å². The number of para-hydroxylation sites is 1. The molecule has 132 valence electrons. The van der Waals surface area contributed by atoms with E-state index >= 15 is 0 Å². The largest absolute Gasteiger partial charge is 0.496 e. The highest BCUT2D eigenvalue weighted by atomic mass is 19.1. The molecule has 4 rings (SSSR count). The zero-order valence-electron chi connectivity index (χ0n) is 14.1. The number of methoxy groups -OCH3 is 1. The van der Waals surface area contributed by atoms with Crippen molar-refractivity contribution in [2.75, 3.05) is 18.6 Å². The summed E-state index contributed by atoms with van der Waals surface area (Å²) >= 11 is 0. The van der Waals surface area contributed by atoms with E-state index in [1.165, 1.54) is 23.1 Å². The number of nitrogens with zero attached hydrogens (tertiary/aromatic N) is 1. The van der Waals surface area contributed by atoms with Crippen molar-refractivity contribution in [3.63, 3.8) is 0 Å². The van der Waals surface area contributed by atoms with Gasteiger partial charge >= 0.3 is 5.97 Å². The maximum atomic E-state index is 13.6. The number of halogens is 1. The molecule has 1 atom stereocenters. The van der Waals surface area contributed by atoms with Crippen LogP contribution in [0.3, 0.4) is 0 Å². The van der Waals surface area contributed by atoms with Gasteiger partial charge in [0.15, 0.2) is 0 Å². The van der Waals surface area contributed by atoms with Gasteiger partial charge in [-0.3, -0.25) is 9.69 Å². The molecule has 1 unspecified atom stereocenters. The smallest absolute Gasteiger partial charge is 0.336 e. The van der Waals surface area contributed by atoms with Gasteiger partial charge in [0.05, 0.1) is 24.1 Å². The fraction of sp³-hybridized carbons (Fsp3) is 0.200. The van der Waals surface area contributed by atoms with Crippen LogP contribution in [0.5, 0.6) is 5.75 Å². The fourth-order valence-electron chi connectivity index (χ4n) is 3.59. The average molecular weight is 353 g/mol. The number of carbonyl (C=O) groups is 2. The Morgan fingerprint density at radius 1 is 1.15 bits per heavy atom. The number of hydrogen-bond donors (Lipinski definition) is 0. The van der Waals surface area contributed by atoms with E-state index in [2.05, 4.69) is 0 Å². The molecule has 0 radical (unpaired) electrons. The van der Waals surface area contributed by atoms with Gasteiger partial charge in [-0.05, 0) is 24.3 Å². The molecule has 2 heterocycles. The van der Waals surface area contributed by atoms with E-state index < -0.39 is 17.7 Å². The lowest BCUT2D eigenvalue weighted by Gasteiger charge is -2.32. The summed E-state index contributed by atoms with van der Waals surface area (Å²) in [4.78, 5) is 26.7. The second kappa shape index (κ2) is 6.29. The number of rotatable bonds is 3. The van der Waals surface area contributed by atoms with Gasteiger partial charge in [-0.25, -0.2) is 9.18 Å². The molecule has 0 spiro atoms. The van der Waals surface area contributed by atoms with Crippen molar-refractivity contribution in [3.8, 4) is 5.75 Å². The Kier molecular flexibility index (Phi) is 3.95. The number of hydrogen-bond acceptors (Lipinski definition) is 4. The number of carbonyl (C=O) groups excluding carboxylic acids is 2. The molecule has 2 aromatic carbocycles. The third-order valence-corrected chi connectivity index (χ3v) is 4.70. The number of benzene rings is 2.